The smallest absolute Gasteiger partial charge is 0.238 e. The van der Waals surface area contributed by atoms with Crippen LogP contribution in [0.5, 0.6) is 0 Å². The third-order valence-corrected chi connectivity index (χ3v) is 5.03. The van der Waals surface area contributed by atoms with Crippen LogP contribution in [0.4, 0.5) is 0 Å². The van der Waals surface area contributed by atoms with Crippen molar-refractivity contribution < 1.29 is 8.42 Å². The molecule has 0 radical (unpaired) electrons. The van der Waals surface area contributed by atoms with Crippen molar-refractivity contribution in [1.82, 2.24) is 9.88 Å². The molecule has 1 aromatic heterocycles. The molecule has 6 heteroatoms. The van der Waals surface area contributed by atoms with E-state index in [1.165, 1.54) is 5.57 Å². The monoisotopic (exact) mass is 317 g/mol. The number of hydrogen-bond acceptors (Lipinski definition) is 3. The zero-order valence-electron chi connectivity index (χ0n) is 12.5. The number of rotatable bonds is 3. The number of sulfonamides is 1. The topological polar surface area (TPSA) is 79.2 Å². The Kier molecular flexibility index (Phi) is 3.68. The summed E-state index contributed by atoms with van der Waals surface area (Å²) < 4.78 is 23.0. The lowest BCUT2D eigenvalue weighted by Gasteiger charge is -2.21. The zero-order chi connectivity index (χ0) is 15.9. The second kappa shape index (κ2) is 5.39. The van der Waals surface area contributed by atoms with Gasteiger partial charge in [0.05, 0.1) is 4.91 Å². The van der Waals surface area contributed by atoms with Crippen LogP contribution < -0.4 is 5.14 Å². The van der Waals surface area contributed by atoms with Gasteiger partial charge in [-0.05, 0) is 36.7 Å². The molecule has 1 aliphatic rings. The number of likely N-dealkylation sites (N-methyl/N-ethyl adjacent to an activating group) is 1. The highest BCUT2D eigenvalue weighted by Gasteiger charge is 2.16. The van der Waals surface area contributed by atoms with Crippen molar-refractivity contribution in [2.75, 3.05) is 20.1 Å². The fraction of sp³-hybridized carbons (Fsp3) is 0.250. The van der Waals surface area contributed by atoms with Gasteiger partial charge < -0.3 is 9.88 Å². The third kappa shape index (κ3) is 2.72. The standard InChI is InChI=1S/C16H19N3O2S/c1-11(22(17,20)21)13-3-4-16-14(9-13)15(10-18-16)12-5-7-19(2)8-6-12/h3-5,9-10,18H,1,6-8H2,2H3,(H2,17,20,21). The third-order valence-electron chi connectivity index (χ3n) is 4.11. The van der Waals surface area contributed by atoms with Crippen LogP contribution in [0.25, 0.3) is 21.4 Å². The van der Waals surface area contributed by atoms with Crippen molar-refractivity contribution in [3.63, 3.8) is 0 Å². The van der Waals surface area contributed by atoms with Gasteiger partial charge in [-0.3, -0.25) is 0 Å². The summed E-state index contributed by atoms with van der Waals surface area (Å²) in [5.74, 6) is 0. The number of fused-ring (bicyclic) bond motifs is 1. The summed E-state index contributed by atoms with van der Waals surface area (Å²) in [6.45, 7) is 5.53. The van der Waals surface area contributed by atoms with Crippen LogP contribution in [0, 0.1) is 0 Å². The van der Waals surface area contributed by atoms with Crippen LogP contribution in [0.1, 0.15) is 17.5 Å². The van der Waals surface area contributed by atoms with Gasteiger partial charge in [-0.2, -0.15) is 0 Å². The van der Waals surface area contributed by atoms with Gasteiger partial charge in [-0.15, -0.1) is 0 Å². The number of aromatic amines is 1. The molecule has 0 saturated carbocycles. The number of nitrogens with two attached hydrogens (primary N) is 1. The summed E-state index contributed by atoms with van der Waals surface area (Å²) in [7, 11) is -1.68. The minimum atomic E-state index is -3.78. The van der Waals surface area contributed by atoms with E-state index in [1.807, 2.05) is 18.3 Å². The molecule has 0 fully saturated rings. The quantitative estimate of drug-likeness (QED) is 0.910. The number of hydrogen-bond donors (Lipinski definition) is 2. The van der Waals surface area contributed by atoms with Gasteiger partial charge in [0.2, 0.25) is 10.0 Å². The van der Waals surface area contributed by atoms with Gasteiger partial charge in [-0.25, -0.2) is 13.6 Å². The molecular formula is C16H19N3O2S. The molecule has 5 nitrogen and oxygen atoms in total. The molecule has 0 spiro atoms. The maximum atomic E-state index is 11.5. The summed E-state index contributed by atoms with van der Waals surface area (Å²) in [5, 5.41) is 6.17. The predicted molar refractivity (Wildman–Crippen MR) is 90.5 cm³/mol. The zero-order valence-corrected chi connectivity index (χ0v) is 13.3. The maximum Gasteiger partial charge on any atom is 0.238 e. The van der Waals surface area contributed by atoms with E-state index in [1.54, 1.807) is 6.07 Å². The first-order valence-electron chi connectivity index (χ1n) is 7.07. The molecule has 2 heterocycles. The van der Waals surface area contributed by atoms with Crippen molar-refractivity contribution in [3.8, 4) is 0 Å². The summed E-state index contributed by atoms with van der Waals surface area (Å²) in [6, 6.07) is 5.42. The van der Waals surface area contributed by atoms with Crippen molar-refractivity contribution >= 4 is 31.4 Å². The Labute approximate surface area is 130 Å². The van der Waals surface area contributed by atoms with E-state index in [-0.39, 0.29) is 4.91 Å². The van der Waals surface area contributed by atoms with E-state index in [0.717, 1.165) is 36.0 Å². The molecule has 0 atom stereocenters. The summed E-state index contributed by atoms with van der Waals surface area (Å²) >= 11 is 0. The van der Waals surface area contributed by atoms with Gasteiger partial charge in [0.15, 0.2) is 0 Å². The van der Waals surface area contributed by atoms with Crippen LogP contribution in [-0.2, 0) is 10.0 Å². The van der Waals surface area contributed by atoms with Crippen molar-refractivity contribution in [2.45, 2.75) is 6.42 Å². The molecule has 1 aromatic carbocycles. The first kappa shape index (κ1) is 15.0. The highest BCUT2D eigenvalue weighted by Crippen LogP contribution is 2.31. The largest absolute Gasteiger partial charge is 0.361 e. The molecule has 0 bridgehead atoms. The average Bonchev–Trinajstić information content (AvgIpc) is 2.89. The number of primary sulfonamides is 1. The van der Waals surface area contributed by atoms with E-state index in [2.05, 4.69) is 29.6 Å². The lowest BCUT2D eigenvalue weighted by Crippen LogP contribution is -2.23. The summed E-state index contributed by atoms with van der Waals surface area (Å²) in [5.41, 5.74) is 3.90. The minimum absolute atomic E-state index is 0.0566. The van der Waals surface area contributed by atoms with Crippen molar-refractivity contribution in [1.29, 1.82) is 0 Å². The molecule has 1 aliphatic heterocycles. The molecule has 22 heavy (non-hydrogen) atoms. The Bertz CT molecular complexity index is 878. The summed E-state index contributed by atoms with van der Waals surface area (Å²) in [6.07, 6.45) is 5.17. The molecule has 3 N–H and O–H groups in total. The van der Waals surface area contributed by atoms with Crippen LogP contribution in [0.2, 0.25) is 0 Å². The van der Waals surface area contributed by atoms with Crippen LogP contribution in [-0.4, -0.2) is 38.4 Å². The molecule has 2 aromatic rings. The van der Waals surface area contributed by atoms with Gasteiger partial charge >= 0.3 is 0 Å². The molecule has 0 saturated heterocycles. The maximum absolute atomic E-state index is 11.5. The number of benzene rings is 1. The lowest BCUT2D eigenvalue weighted by molar-refractivity contribution is 0.370. The second-order valence-electron chi connectivity index (χ2n) is 5.67. The van der Waals surface area contributed by atoms with Crippen LogP contribution in [0.3, 0.4) is 0 Å². The Morgan fingerprint density at radius 2 is 2.18 bits per heavy atom. The molecule has 0 unspecified atom stereocenters. The van der Waals surface area contributed by atoms with Gasteiger partial charge in [-0.1, -0.05) is 18.7 Å². The van der Waals surface area contributed by atoms with E-state index < -0.39 is 10.0 Å². The fourth-order valence-corrected chi connectivity index (χ4v) is 3.19. The first-order valence-corrected chi connectivity index (χ1v) is 8.62. The molecule has 116 valence electrons. The number of H-pyrrole nitrogens is 1. The fourth-order valence-electron chi connectivity index (χ4n) is 2.74. The predicted octanol–water partition coefficient (Wildman–Crippen LogP) is 2.15. The molecule has 0 amide bonds. The molecule has 3 rings (SSSR count). The number of nitrogens with one attached hydrogen (secondary N) is 1. The average molecular weight is 317 g/mol. The lowest BCUT2D eigenvalue weighted by atomic mass is 9.98. The van der Waals surface area contributed by atoms with E-state index >= 15 is 0 Å². The Morgan fingerprint density at radius 1 is 1.41 bits per heavy atom. The number of aromatic nitrogens is 1. The number of nitrogens with zero attached hydrogens (tertiary/aromatic N) is 1. The highest BCUT2D eigenvalue weighted by atomic mass is 32.2. The van der Waals surface area contributed by atoms with Gasteiger partial charge in [0.1, 0.15) is 0 Å². The molecule has 0 aliphatic carbocycles. The van der Waals surface area contributed by atoms with E-state index in [0.29, 0.717) is 5.56 Å². The Morgan fingerprint density at radius 3 is 2.82 bits per heavy atom. The van der Waals surface area contributed by atoms with Crippen molar-refractivity contribution in [2.24, 2.45) is 5.14 Å². The molecular weight excluding hydrogens is 298 g/mol. The van der Waals surface area contributed by atoms with Crippen LogP contribution in [0.15, 0.2) is 37.1 Å². The van der Waals surface area contributed by atoms with Crippen LogP contribution >= 0.6 is 0 Å². The SMILES string of the molecule is C=C(c1ccc2[nH]cc(C3=CCN(C)CC3)c2c1)S(N)(=O)=O. The highest BCUT2D eigenvalue weighted by molar-refractivity contribution is 7.98. The Balaban J connectivity index is 2.08. The van der Waals surface area contributed by atoms with E-state index in [9.17, 15) is 8.42 Å². The first-order chi connectivity index (χ1) is 10.4. The second-order valence-corrected chi connectivity index (χ2v) is 7.26. The van der Waals surface area contributed by atoms with Crippen molar-refractivity contribution in [3.05, 3.63) is 48.2 Å². The van der Waals surface area contributed by atoms with E-state index in [4.69, 9.17) is 5.14 Å². The summed E-state index contributed by atoms with van der Waals surface area (Å²) in [4.78, 5) is 5.44. The minimum Gasteiger partial charge on any atom is -0.361 e. The normalized spacial score (nSPS) is 16.7. The van der Waals surface area contributed by atoms with Gasteiger partial charge in [0.25, 0.3) is 0 Å². The Hall–Kier alpha value is -1.89. The van der Waals surface area contributed by atoms with Gasteiger partial charge in [0, 0.05) is 35.8 Å².